The predicted octanol–water partition coefficient (Wildman–Crippen LogP) is 2.36. The summed E-state index contributed by atoms with van der Waals surface area (Å²) >= 11 is 0. The molecule has 0 amide bonds. The second-order valence-electron chi connectivity index (χ2n) is 7.60. The SMILES string of the molecule is CCNC(=NCc1ccc2c(c1)OCO2)NCC(C)CN1CCN(CC)CC1.I. The van der Waals surface area contributed by atoms with Crippen molar-refractivity contribution in [1.29, 1.82) is 0 Å². The summed E-state index contributed by atoms with van der Waals surface area (Å²) < 4.78 is 10.8. The van der Waals surface area contributed by atoms with Crippen LogP contribution in [-0.2, 0) is 6.54 Å². The molecule has 1 atom stereocenters. The van der Waals surface area contributed by atoms with Gasteiger partial charge in [-0.3, -0.25) is 0 Å². The lowest BCUT2D eigenvalue weighted by atomic mass is 10.1. The third-order valence-corrected chi connectivity index (χ3v) is 5.30. The Hall–Kier alpha value is -1.26. The molecule has 8 heteroatoms. The van der Waals surface area contributed by atoms with E-state index in [-0.39, 0.29) is 24.0 Å². The number of hydrogen-bond donors (Lipinski definition) is 2. The molecule has 2 aliphatic heterocycles. The number of guanidine groups is 1. The molecule has 1 unspecified atom stereocenters. The molecule has 1 aromatic rings. The third kappa shape index (κ3) is 7.49. The molecular formula is C21H36IN5O2. The normalized spacial score (nSPS) is 18.2. The van der Waals surface area contributed by atoms with E-state index < -0.39 is 0 Å². The van der Waals surface area contributed by atoms with E-state index in [0.717, 1.165) is 49.2 Å². The summed E-state index contributed by atoms with van der Waals surface area (Å²) in [5.74, 6) is 3.05. The number of hydrogen-bond acceptors (Lipinski definition) is 5. The quantitative estimate of drug-likeness (QED) is 0.314. The minimum Gasteiger partial charge on any atom is -0.454 e. The highest BCUT2D eigenvalue weighted by Crippen LogP contribution is 2.32. The first-order valence-electron chi connectivity index (χ1n) is 10.5. The molecule has 164 valence electrons. The van der Waals surface area contributed by atoms with Crippen molar-refractivity contribution in [3.05, 3.63) is 23.8 Å². The summed E-state index contributed by atoms with van der Waals surface area (Å²) in [6.07, 6.45) is 0. The molecule has 0 saturated carbocycles. The molecular weight excluding hydrogens is 481 g/mol. The van der Waals surface area contributed by atoms with Gasteiger partial charge in [0.25, 0.3) is 0 Å². The molecule has 0 aliphatic carbocycles. The Morgan fingerprint density at radius 1 is 1.07 bits per heavy atom. The molecule has 0 radical (unpaired) electrons. The number of halogens is 1. The smallest absolute Gasteiger partial charge is 0.231 e. The van der Waals surface area contributed by atoms with Gasteiger partial charge < -0.3 is 29.9 Å². The Labute approximate surface area is 192 Å². The van der Waals surface area contributed by atoms with Gasteiger partial charge in [-0.2, -0.15) is 0 Å². The lowest BCUT2D eigenvalue weighted by molar-refractivity contribution is 0.124. The summed E-state index contributed by atoms with van der Waals surface area (Å²) in [6.45, 7) is 16.4. The first kappa shape index (κ1) is 24.0. The number of piperazine rings is 1. The number of aliphatic imine (C=N–C) groups is 1. The van der Waals surface area contributed by atoms with E-state index in [0.29, 0.717) is 19.3 Å². The van der Waals surface area contributed by atoms with Crippen molar-refractivity contribution < 1.29 is 9.47 Å². The van der Waals surface area contributed by atoms with Crippen LogP contribution in [0.25, 0.3) is 0 Å². The second kappa shape index (κ2) is 12.4. The number of benzene rings is 1. The van der Waals surface area contributed by atoms with E-state index in [4.69, 9.17) is 14.5 Å². The largest absolute Gasteiger partial charge is 0.454 e. The van der Waals surface area contributed by atoms with Crippen molar-refractivity contribution in [3.63, 3.8) is 0 Å². The van der Waals surface area contributed by atoms with Gasteiger partial charge in [0.1, 0.15) is 0 Å². The highest BCUT2D eigenvalue weighted by atomic mass is 127. The zero-order valence-corrected chi connectivity index (χ0v) is 20.3. The first-order valence-corrected chi connectivity index (χ1v) is 10.5. The molecule has 2 aliphatic rings. The van der Waals surface area contributed by atoms with Crippen molar-refractivity contribution in [2.75, 3.05) is 59.2 Å². The fraction of sp³-hybridized carbons (Fsp3) is 0.667. The maximum Gasteiger partial charge on any atom is 0.231 e. The van der Waals surface area contributed by atoms with Gasteiger partial charge in [0, 0.05) is 45.8 Å². The molecule has 3 rings (SSSR count). The average Bonchev–Trinajstić information content (AvgIpc) is 3.18. The Morgan fingerprint density at radius 2 is 1.79 bits per heavy atom. The van der Waals surface area contributed by atoms with Crippen LogP contribution >= 0.6 is 24.0 Å². The van der Waals surface area contributed by atoms with Crippen LogP contribution in [0, 0.1) is 5.92 Å². The Morgan fingerprint density at radius 3 is 2.52 bits per heavy atom. The molecule has 0 bridgehead atoms. The minimum absolute atomic E-state index is 0. The molecule has 1 aromatic carbocycles. The van der Waals surface area contributed by atoms with Gasteiger partial charge >= 0.3 is 0 Å². The Bertz CT molecular complexity index is 650. The highest BCUT2D eigenvalue weighted by molar-refractivity contribution is 14.0. The molecule has 2 N–H and O–H groups in total. The van der Waals surface area contributed by atoms with Crippen molar-refractivity contribution in [2.24, 2.45) is 10.9 Å². The lowest BCUT2D eigenvalue weighted by Crippen LogP contribution is -2.48. The summed E-state index contributed by atoms with van der Waals surface area (Å²) in [5.41, 5.74) is 1.11. The number of nitrogens with zero attached hydrogens (tertiary/aromatic N) is 3. The van der Waals surface area contributed by atoms with Gasteiger partial charge in [-0.1, -0.05) is 19.9 Å². The van der Waals surface area contributed by atoms with Gasteiger partial charge in [-0.25, -0.2) is 4.99 Å². The fourth-order valence-electron chi connectivity index (χ4n) is 3.62. The summed E-state index contributed by atoms with van der Waals surface area (Å²) in [6, 6.07) is 6.00. The maximum absolute atomic E-state index is 5.45. The summed E-state index contributed by atoms with van der Waals surface area (Å²) in [7, 11) is 0. The van der Waals surface area contributed by atoms with Crippen molar-refractivity contribution in [1.82, 2.24) is 20.4 Å². The van der Waals surface area contributed by atoms with E-state index in [1.165, 1.54) is 26.2 Å². The highest BCUT2D eigenvalue weighted by Gasteiger charge is 2.17. The van der Waals surface area contributed by atoms with Crippen LogP contribution < -0.4 is 20.1 Å². The molecule has 0 spiro atoms. The van der Waals surface area contributed by atoms with Crippen LogP contribution in [0.15, 0.2) is 23.2 Å². The van der Waals surface area contributed by atoms with Crippen LogP contribution in [0.5, 0.6) is 11.5 Å². The van der Waals surface area contributed by atoms with E-state index >= 15 is 0 Å². The molecule has 1 fully saturated rings. The van der Waals surface area contributed by atoms with Gasteiger partial charge in [-0.15, -0.1) is 24.0 Å². The van der Waals surface area contributed by atoms with Crippen LogP contribution in [-0.4, -0.2) is 74.9 Å². The summed E-state index contributed by atoms with van der Waals surface area (Å²) in [4.78, 5) is 9.82. The predicted molar refractivity (Wildman–Crippen MR) is 129 cm³/mol. The zero-order chi connectivity index (χ0) is 19.8. The van der Waals surface area contributed by atoms with Crippen LogP contribution in [0.3, 0.4) is 0 Å². The topological polar surface area (TPSA) is 61.4 Å². The van der Waals surface area contributed by atoms with E-state index in [1.54, 1.807) is 0 Å². The van der Waals surface area contributed by atoms with Crippen LogP contribution in [0.2, 0.25) is 0 Å². The Balaban J connectivity index is 0.00000300. The summed E-state index contributed by atoms with van der Waals surface area (Å²) in [5, 5.41) is 6.84. The minimum atomic E-state index is 0. The number of ether oxygens (including phenoxy) is 2. The zero-order valence-electron chi connectivity index (χ0n) is 17.9. The van der Waals surface area contributed by atoms with Crippen molar-refractivity contribution in [3.8, 4) is 11.5 Å². The van der Waals surface area contributed by atoms with E-state index in [1.807, 2.05) is 18.2 Å². The number of rotatable bonds is 8. The monoisotopic (exact) mass is 517 g/mol. The van der Waals surface area contributed by atoms with Gasteiger partial charge in [0.2, 0.25) is 6.79 Å². The fourth-order valence-corrected chi connectivity index (χ4v) is 3.62. The second-order valence-corrected chi connectivity index (χ2v) is 7.60. The molecule has 29 heavy (non-hydrogen) atoms. The Kier molecular flexibility index (Phi) is 10.3. The number of nitrogens with one attached hydrogen (secondary N) is 2. The van der Waals surface area contributed by atoms with Gasteiger partial charge in [-0.05, 0) is 37.1 Å². The lowest BCUT2D eigenvalue weighted by Gasteiger charge is -2.35. The number of fused-ring (bicyclic) bond motifs is 1. The number of likely N-dealkylation sites (N-methyl/N-ethyl adjacent to an activating group) is 1. The van der Waals surface area contributed by atoms with E-state index in [2.05, 4.69) is 41.2 Å². The molecule has 7 nitrogen and oxygen atoms in total. The average molecular weight is 517 g/mol. The van der Waals surface area contributed by atoms with Crippen molar-refractivity contribution in [2.45, 2.75) is 27.3 Å². The van der Waals surface area contributed by atoms with Crippen LogP contribution in [0.4, 0.5) is 0 Å². The van der Waals surface area contributed by atoms with Gasteiger partial charge in [0.15, 0.2) is 17.5 Å². The maximum atomic E-state index is 5.45. The van der Waals surface area contributed by atoms with E-state index in [9.17, 15) is 0 Å². The molecule has 0 aromatic heterocycles. The first-order chi connectivity index (χ1) is 13.7. The van der Waals surface area contributed by atoms with Crippen molar-refractivity contribution >= 4 is 29.9 Å². The van der Waals surface area contributed by atoms with Crippen LogP contribution in [0.1, 0.15) is 26.3 Å². The third-order valence-electron chi connectivity index (χ3n) is 5.30. The molecule has 1 saturated heterocycles. The van der Waals surface area contributed by atoms with Gasteiger partial charge in [0.05, 0.1) is 6.54 Å². The standard InChI is InChI=1S/C21H35N5O2.HI/c1-4-22-21(24-14-18-6-7-19-20(12-18)28-16-27-19)23-13-17(3)15-26-10-8-25(5-2)9-11-26;/h6-7,12,17H,4-5,8-11,13-16H2,1-3H3,(H2,22,23,24);1H. The molecule has 2 heterocycles.